The Balaban J connectivity index is 2.40. The molecule has 1 aromatic heterocycles. The Kier molecular flexibility index (Phi) is 3.34. The third-order valence-corrected chi connectivity index (χ3v) is 2.10. The van der Waals surface area contributed by atoms with E-state index in [1.807, 2.05) is 0 Å². The molecule has 1 aromatic rings. The van der Waals surface area contributed by atoms with Crippen LogP contribution in [-0.2, 0) is 0 Å². The summed E-state index contributed by atoms with van der Waals surface area (Å²) in [6, 6.07) is 0. The topological polar surface area (TPSA) is 42.9 Å². The summed E-state index contributed by atoms with van der Waals surface area (Å²) < 4.78 is 3.64. The average Bonchev–Trinajstić information content (AvgIpc) is 2.51. The molecule has 0 atom stereocenters. The third-order valence-electron chi connectivity index (χ3n) is 1.59. The molecule has 4 heteroatoms. The number of carbonyl (C=O) groups excluding carboxylic acids is 1. The van der Waals surface area contributed by atoms with Gasteiger partial charge in [-0.05, 0) is 23.9 Å². The Hall–Kier alpha value is -0.770. The number of ketones is 1. The van der Waals surface area contributed by atoms with Crippen LogP contribution in [0.3, 0.4) is 0 Å². The van der Waals surface area contributed by atoms with E-state index in [2.05, 4.69) is 23.4 Å². The highest BCUT2D eigenvalue weighted by Gasteiger charge is 2.08. The minimum absolute atomic E-state index is 0.109. The molecule has 0 aromatic carbocycles. The maximum Gasteiger partial charge on any atom is 0.184 e. The van der Waals surface area contributed by atoms with Crippen LogP contribution in [0.5, 0.6) is 0 Å². The monoisotopic (exact) mass is 184 g/mol. The van der Waals surface area contributed by atoms with Crippen LogP contribution in [0.1, 0.15) is 37.2 Å². The van der Waals surface area contributed by atoms with Gasteiger partial charge in [-0.25, -0.2) is 0 Å². The van der Waals surface area contributed by atoms with E-state index in [0.717, 1.165) is 6.42 Å². The first kappa shape index (κ1) is 9.32. The van der Waals surface area contributed by atoms with Crippen LogP contribution in [0, 0.1) is 5.92 Å². The molecular weight excluding hydrogens is 172 g/mol. The molecule has 0 radical (unpaired) electrons. The Bertz CT molecular complexity index is 244. The smallest absolute Gasteiger partial charge is 0.184 e. The minimum Gasteiger partial charge on any atom is -0.292 e. The highest BCUT2D eigenvalue weighted by atomic mass is 32.1. The fourth-order valence-electron chi connectivity index (χ4n) is 0.834. The van der Waals surface area contributed by atoms with Gasteiger partial charge in [-0.3, -0.25) is 4.79 Å². The molecule has 66 valence electrons. The fraction of sp³-hybridized carbons (Fsp3) is 0.625. The number of rotatable bonds is 4. The Morgan fingerprint density at radius 2 is 2.42 bits per heavy atom. The van der Waals surface area contributed by atoms with Crippen molar-refractivity contribution in [3.63, 3.8) is 0 Å². The van der Waals surface area contributed by atoms with Gasteiger partial charge in [0.2, 0.25) is 0 Å². The standard InChI is InChI=1S/C8H12N2OS/c1-6(2)3-4-8(11)7-5-12-10-9-7/h5-6H,3-4H2,1-2H3. The molecule has 0 N–H and O–H groups in total. The lowest BCUT2D eigenvalue weighted by Crippen LogP contribution is -2.01. The molecule has 0 aliphatic rings. The number of carbonyl (C=O) groups is 1. The van der Waals surface area contributed by atoms with Crippen molar-refractivity contribution in [2.75, 3.05) is 0 Å². The summed E-state index contributed by atoms with van der Waals surface area (Å²) in [7, 11) is 0. The van der Waals surface area contributed by atoms with E-state index in [1.54, 1.807) is 5.38 Å². The summed E-state index contributed by atoms with van der Waals surface area (Å²) in [5.41, 5.74) is 0.514. The summed E-state index contributed by atoms with van der Waals surface area (Å²) in [6.07, 6.45) is 1.51. The molecule has 0 aliphatic heterocycles. The number of hydrogen-bond donors (Lipinski definition) is 0. The zero-order chi connectivity index (χ0) is 8.97. The second kappa shape index (κ2) is 4.30. The zero-order valence-corrected chi connectivity index (χ0v) is 8.10. The van der Waals surface area contributed by atoms with Crippen molar-refractivity contribution in [3.05, 3.63) is 11.1 Å². The van der Waals surface area contributed by atoms with Gasteiger partial charge in [0.15, 0.2) is 5.78 Å². The number of aromatic nitrogens is 2. The first-order chi connectivity index (χ1) is 5.70. The van der Waals surface area contributed by atoms with E-state index in [1.165, 1.54) is 11.5 Å². The molecule has 1 heterocycles. The second-order valence-corrected chi connectivity index (χ2v) is 3.76. The summed E-state index contributed by atoms with van der Waals surface area (Å²) in [5, 5.41) is 5.41. The van der Waals surface area contributed by atoms with E-state index in [4.69, 9.17) is 0 Å². The van der Waals surface area contributed by atoms with Crippen molar-refractivity contribution >= 4 is 17.3 Å². The van der Waals surface area contributed by atoms with Crippen LogP contribution in [0.15, 0.2) is 5.38 Å². The predicted molar refractivity (Wildman–Crippen MR) is 48.3 cm³/mol. The quantitative estimate of drug-likeness (QED) is 0.673. The second-order valence-electron chi connectivity index (χ2n) is 3.15. The molecule has 0 saturated carbocycles. The van der Waals surface area contributed by atoms with Crippen molar-refractivity contribution < 1.29 is 4.79 Å². The van der Waals surface area contributed by atoms with Crippen LogP contribution < -0.4 is 0 Å². The molecule has 1 rings (SSSR count). The first-order valence-electron chi connectivity index (χ1n) is 4.00. The molecule has 0 unspecified atom stereocenters. The molecule has 12 heavy (non-hydrogen) atoms. The van der Waals surface area contributed by atoms with E-state index in [-0.39, 0.29) is 5.78 Å². The van der Waals surface area contributed by atoms with Gasteiger partial charge in [0, 0.05) is 11.8 Å². The van der Waals surface area contributed by atoms with Gasteiger partial charge in [0.1, 0.15) is 5.69 Å². The highest BCUT2D eigenvalue weighted by Crippen LogP contribution is 2.08. The molecule has 0 aliphatic carbocycles. The highest BCUT2D eigenvalue weighted by molar-refractivity contribution is 7.03. The molecular formula is C8H12N2OS. The van der Waals surface area contributed by atoms with Gasteiger partial charge in [0.25, 0.3) is 0 Å². The van der Waals surface area contributed by atoms with Crippen molar-refractivity contribution in [3.8, 4) is 0 Å². The normalized spacial score (nSPS) is 10.6. The minimum atomic E-state index is 0.109. The van der Waals surface area contributed by atoms with Gasteiger partial charge < -0.3 is 0 Å². The average molecular weight is 184 g/mol. The lowest BCUT2D eigenvalue weighted by atomic mass is 10.1. The van der Waals surface area contributed by atoms with Gasteiger partial charge in [-0.15, -0.1) is 5.10 Å². The summed E-state index contributed by atoms with van der Waals surface area (Å²) in [4.78, 5) is 11.3. The van der Waals surface area contributed by atoms with Crippen LogP contribution in [0.2, 0.25) is 0 Å². The van der Waals surface area contributed by atoms with E-state index < -0.39 is 0 Å². The van der Waals surface area contributed by atoms with Gasteiger partial charge in [-0.1, -0.05) is 18.3 Å². The van der Waals surface area contributed by atoms with Gasteiger partial charge in [0.05, 0.1) is 0 Å². The van der Waals surface area contributed by atoms with Crippen molar-refractivity contribution in [1.29, 1.82) is 0 Å². The summed E-state index contributed by atoms with van der Waals surface area (Å²) >= 11 is 1.22. The first-order valence-corrected chi connectivity index (χ1v) is 4.84. The van der Waals surface area contributed by atoms with Crippen LogP contribution >= 0.6 is 11.5 Å². The zero-order valence-electron chi connectivity index (χ0n) is 7.28. The molecule has 0 saturated heterocycles. The van der Waals surface area contributed by atoms with Crippen LogP contribution in [-0.4, -0.2) is 15.4 Å². The van der Waals surface area contributed by atoms with E-state index in [0.29, 0.717) is 18.0 Å². The van der Waals surface area contributed by atoms with Crippen LogP contribution in [0.25, 0.3) is 0 Å². The Morgan fingerprint density at radius 3 is 2.92 bits per heavy atom. The van der Waals surface area contributed by atoms with E-state index in [9.17, 15) is 4.79 Å². The predicted octanol–water partition coefficient (Wildman–Crippen LogP) is 2.16. The third kappa shape index (κ3) is 2.70. The fourth-order valence-corrected chi connectivity index (χ4v) is 1.29. The largest absolute Gasteiger partial charge is 0.292 e. The molecule has 0 bridgehead atoms. The lowest BCUT2D eigenvalue weighted by molar-refractivity contribution is 0.0970. The molecule has 3 nitrogen and oxygen atoms in total. The van der Waals surface area contributed by atoms with Crippen LogP contribution in [0.4, 0.5) is 0 Å². The van der Waals surface area contributed by atoms with Crippen molar-refractivity contribution in [2.24, 2.45) is 5.92 Å². The number of nitrogens with zero attached hydrogens (tertiary/aromatic N) is 2. The summed E-state index contributed by atoms with van der Waals surface area (Å²) in [6.45, 7) is 4.21. The number of hydrogen-bond acceptors (Lipinski definition) is 4. The SMILES string of the molecule is CC(C)CCC(=O)c1csnn1. The lowest BCUT2D eigenvalue weighted by Gasteiger charge is -2.00. The number of Topliss-reactive ketones (excluding diaryl/α,β-unsaturated/α-hetero) is 1. The maximum atomic E-state index is 11.3. The van der Waals surface area contributed by atoms with E-state index >= 15 is 0 Å². The van der Waals surface area contributed by atoms with Gasteiger partial charge >= 0.3 is 0 Å². The van der Waals surface area contributed by atoms with Crippen molar-refractivity contribution in [1.82, 2.24) is 9.59 Å². The van der Waals surface area contributed by atoms with Crippen molar-refractivity contribution in [2.45, 2.75) is 26.7 Å². The Morgan fingerprint density at radius 1 is 1.67 bits per heavy atom. The molecule has 0 fully saturated rings. The maximum absolute atomic E-state index is 11.3. The molecule has 0 amide bonds. The Labute approximate surface area is 76.0 Å². The molecule has 0 spiro atoms. The summed E-state index contributed by atoms with van der Waals surface area (Å²) in [5.74, 6) is 0.679. The van der Waals surface area contributed by atoms with Gasteiger partial charge in [-0.2, -0.15) is 0 Å².